The van der Waals surface area contributed by atoms with Crippen molar-refractivity contribution in [1.82, 2.24) is 4.90 Å². The van der Waals surface area contributed by atoms with Crippen LogP contribution in [0.4, 0.5) is 24.5 Å². The van der Waals surface area contributed by atoms with Crippen LogP contribution < -0.4 is 5.32 Å². The highest BCUT2D eigenvalue weighted by Crippen LogP contribution is 2.48. The van der Waals surface area contributed by atoms with Crippen molar-refractivity contribution in [3.05, 3.63) is 105 Å². The lowest BCUT2D eigenvalue weighted by atomic mass is 9.89. The lowest BCUT2D eigenvalue weighted by molar-refractivity contribution is -0.387. The number of hydrogen-bond donors (Lipinski definition) is 1. The second-order valence-electron chi connectivity index (χ2n) is 9.69. The quantitative estimate of drug-likeness (QED) is 0.328. The highest BCUT2D eigenvalue weighted by atomic mass is 19.2. The SMILES string of the molecule is O=C(Nc1ccc(C2CCN(C(=O)c3cccc(F)c3[N+](=O)[O-])CC2)cc1)C1CC1c1ccc(F)c(F)c1. The molecule has 196 valence electrons. The number of benzene rings is 3. The standard InChI is InChI=1S/C28H24F3N3O4/c29-23-9-6-18(14-25(23)31)21-15-22(21)27(35)32-19-7-4-16(5-8-19)17-10-12-33(13-11-17)28(36)20-2-1-3-24(30)26(20)34(37)38/h1-9,14,17,21-22H,10-13,15H2,(H,32,35). The molecule has 1 saturated heterocycles. The van der Waals surface area contributed by atoms with Gasteiger partial charge in [-0.05, 0) is 78.6 Å². The van der Waals surface area contributed by atoms with Crippen LogP contribution in [0.2, 0.25) is 0 Å². The van der Waals surface area contributed by atoms with E-state index in [-0.39, 0.29) is 29.2 Å². The molecule has 2 atom stereocenters. The highest BCUT2D eigenvalue weighted by molar-refractivity contribution is 5.98. The van der Waals surface area contributed by atoms with E-state index in [1.54, 1.807) is 12.1 Å². The van der Waals surface area contributed by atoms with Crippen LogP contribution in [0.25, 0.3) is 0 Å². The largest absolute Gasteiger partial charge is 0.338 e. The van der Waals surface area contributed by atoms with Crippen LogP contribution in [0.15, 0.2) is 60.7 Å². The molecule has 7 nitrogen and oxygen atoms in total. The van der Waals surface area contributed by atoms with Crippen LogP contribution in [0.3, 0.4) is 0 Å². The molecule has 1 saturated carbocycles. The minimum absolute atomic E-state index is 0.133. The number of likely N-dealkylation sites (tertiary alicyclic amines) is 1. The maximum absolute atomic E-state index is 13.9. The summed E-state index contributed by atoms with van der Waals surface area (Å²) in [6.07, 6.45) is 1.85. The number of hydrogen-bond acceptors (Lipinski definition) is 4. The Bertz CT molecular complexity index is 1400. The van der Waals surface area contributed by atoms with Gasteiger partial charge in [-0.15, -0.1) is 0 Å². The van der Waals surface area contributed by atoms with Crippen LogP contribution in [0.5, 0.6) is 0 Å². The molecule has 2 unspecified atom stereocenters. The summed E-state index contributed by atoms with van der Waals surface area (Å²) in [5.41, 5.74) is 1.21. The van der Waals surface area contributed by atoms with E-state index in [1.165, 1.54) is 23.1 Å². The van der Waals surface area contributed by atoms with Gasteiger partial charge in [0.1, 0.15) is 5.56 Å². The number of nitrogens with one attached hydrogen (secondary N) is 1. The summed E-state index contributed by atoms with van der Waals surface area (Å²) in [6.45, 7) is 0.755. The van der Waals surface area contributed by atoms with Gasteiger partial charge in [0, 0.05) is 24.7 Å². The average molecular weight is 524 g/mol. The molecule has 1 N–H and O–H groups in total. The molecule has 0 bridgehead atoms. The number of nitro benzene ring substituents is 1. The van der Waals surface area contributed by atoms with Gasteiger partial charge in [-0.3, -0.25) is 19.7 Å². The minimum atomic E-state index is -1.04. The summed E-state index contributed by atoms with van der Waals surface area (Å²) in [7, 11) is 0. The summed E-state index contributed by atoms with van der Waals surface area (Å²) < 4.78 is 40.6. The topological polar surface area (TPSA) is 92.6 Å². The summed E-state index contributed by atoms with van der Waals surface area (Å²) >= 11 is 0. The first-order chi connectivity index (χ1) is 18.2. The monoisotopic (exact) mass is 523 g/mol. The van der Waals surface area contributed by atoms with Gasteiger partial charge in [0.05, 0.1) is 4.92 Å². The van der Waals surface area contributed by atoms with E-state index in [4.69, 9.17) is 0 Å². The predicted octanol–water partition coefficient (Wildman–Crippen LogP) is 5.77. The Balaban J connectivity index is 1.15. The van der Waals surface area contributed by atoms with Crippen molar-refractivity contribution in [2.75, 3.05) is 18.4 Å². The Kier molecular flexibility index (Phi) is 6.88. The Hall–Kier alpha value is -4.21. The van der Waals surface area contributed by atoms with Crippen molar-refractivity contribution in [2.24, 2.45) is 5.92 Å². The van der Waals surface area contributed by atoms with E-state index in [0.717, 1.165) is 23.8 Å². The first-order valence-corrected chi connectivity index (χ1v) is 12.3. The molecule has 5 rings (SSSR count). The van der Waals surface area contributed by atoms with Gasteiger partial charge in [-0.25, -0.2) is 8.78 Å². The molecule has 2 amide bonds. The number of carbonyl (C=O) groups excluding carboxylic acids is 2. The van der Waals surface area contributed by atoms with Crippen molar-refractivity contribution in [3.8, 4) is 0 Å². The molecule has 0 radical (unpaired) electrons. The summed E-state index contributed by atoms with van der Waals surface area (Å²) in [4.78, 5) is 37.4. The molecule has 10 heteroatoms. The van der Waals surface area contributed by atoms with Crippen LogP contribution in [0, 0.1) is 33.5 Å². The fourth-order valence-electron chi connectivity index (χ4n) is 5.13. The molecule has 1 heterocycles. The van der Waals surface area contributed by atoms with E-state index in [1.807, 2.05) is 12.1 Å². The molecule has 0 spiro atoms. The fraction of sp³-hybridized carbons (Fsp3) is 0.286. The molecule has 2 aliphatic rings. The Labute approximate surface area is 216 Å². The average Bonchev–Trinajstić information content (AvgIpc) is 3.71. The fourth-order valence-corrected chi connectivity index (χ4v) is 5.13. The van der Waals surface area contributed by atoms with E-state index in [2.05, 4.69) is 5.32 Å². The molecule has 0 aromatic heterocycles. The van der Waals surface area contributed by atoms with Gasteiger partial charge in [0.15, 0.2) is 11.6 Å². The number of para-hydroxylation sites is 1. The third kappa shape index (κ3) is 5.11. The van der Waals surface area contributed by atoms with Crippen LogP contribution in [-0.2, 0) is 4.79 Å². The van der Waals surface area contributed by atoms with Crippen LogP contribution in [0.1, 0.15) is 52.6 Å². The van der Waals surface area contributed by atoms with Crippen molar-refractivity contribution in [3.63, 3.8) is 0 Å². The number of carbonyl (C=O) groups is 2. The molecule has 3 aromatic carbocycles. The molecule has 1 aliphatic heterocycles. The van der Waals surface area contributed by atoms with Gasteiger partial charge in [-0.1, -0.05) is 24.3 Å². The lowest BCUT2D eigenvalue weighted by Gasteiger charge is -2.32. The zero-order valence-corrected chi connectivity index (χ0v) is 20.2. The molecule has 38 heavy (non-hydrogen) atoms. The van der Waals surface area contributed by atoms with E-state index in [0.29, 0.717) is 43.6 Å². The number of rotatable bonds is 6. The van der Waals surface area contributed by atoms with Gasteiger partial charge in [0.2, 0.25) is 11.7 Å². The molecule has 2 fully saturated rings. The zero-order chi connectivity index (χ0) is 27.0. The van der Waals surface area contributed by atoms with E-state index >= 15 is 0 Å². The third-order valence-electron chi connectivity index (χ3n) is 7.33. The number of amides is 2. The van der Waals surface area contributed by atoms with Gasteiger partial charge < -0.3 is 10.2 Å². The molecular formula is C28H24F3N3O4. The van der Waals surface area contributed by atoms with Gasteiger partial charge in [0.25, 0.3) is 5.91 Å². The minimum Gasteiger partial charge on any atom is -0.338 e. The van der Waals surface area contributed by atoms with Gasteiger partial charge in [-0.2, -0.15) is 4.39 Å². The van der Waals surface area contributed by atoms with Gasteiger partial charge >= 0.3 is 5.69 Å². The number of nitro groups is 1. The van der Waals surface area contributed by atoms with Crippen LogP contribution in [-0.4, -0.2) is 34.7 Å². The number of anilines is 1. The van der Waals surface area contributed by atoms with Crippen molar-refractivity contribution in [1.29, 1.82) is 0 Å². The molecule has 3 aromatic rings. The second kappa shape index (κ2) is 10.3. The molecule has 1 aliphatic carbocycles. The Morgan fingerprint density at radius 1 is 0.895 bits per heavy atom. The van der Waals surface area contributed by atoms with Crippen molar-refractivity contribution in [2.45, 2.75) is 31.1 Å². The van der Waals surface area contributed by atoms with E-state index in [9.17, 15) is 32.9 Å². The van der Waals surface area contributed by atoms with E-state index < -0.39 is 34.0 Å². The maximum Gasteiger partial charge on any atom is 0.317 e. The summed E-state index contributed by atoms with van der Waals surface area (Å²) in [5, 5.41) is 14.1. The first kappa shape index (κ1) is 25.4. The van der Waals surface area contributed by atoms with Crippen molar-refractivity contribution < 1.29 is 27.7 Å². The second-order valence-corrected chi connectivity index (χ2v) is 9.69. The molecular weight excluding hydrogens is 499 g/mol. The van der Waals surface area contributed by atoms with Crippen LogP contribution >= 0.6 is 0 Å². The normalized spacial score (nSPS) is 19.2. The van der Waals surface area contributed by atoms with Crippen molar-refractivity contribution >= 4 is 23.2 Å². The first-order valence-electron chi connectivity index (χ1n) is 12.3. The Morgan fingerprint density at radius 2 is 1.58 bits per heavy atom. The maximum atomic E-state index is 13.9. The number of nitrogens with zero attached hydrogens (tertiary/aromatic N) is 2. The summed E-state index contributed by atoms with van der Waals surface area (Å²) in [5.74, 6) is -3.88. The smallest absolute Gasteiger partial charge is 0.317 e. The number of halogens is 3. The highest BCUT2D eigenvalue weighted by Gasteiger charge is 2.44. The third-order valence-corrected chi connectivity index (χ3v) is 7.33. The Morgan fingerprint density at radius 3 is 2.24 bits per heavy atom. The summed E-state index contributed by atoms with van der Waals surface area (Å²) in [6, 6.07) is 14.7. The number of piperidine rings is 1. The lowest BCUT2D eigenvalue weighted by Crippen LogP contribution is -2.38. The predicted molar refractivity (Wildman–Crippen MR) is 133 cm³/mol. The zero-order valence-electron chi connectivity index (χ0n) is 20.2.